The zero-order valence-electron chi connectivity index (χ0n) is 15.4. The van der Waals surface area contributed by atoms with Gasteiger partial charge in [0.25, 0.3) is 11.5 Å². The molecule has 0 spiro atoms. The van der Waals surface area contributed by atoms with E-state index in [2.05, 4.69) is 10.3 Å². The Morgan fingerprint density at radius 1 is 1.19 bits per heavy atom. The zero-order chi connectivity index (χ0) is 18.8. The number of hydrogen-bond acceptors (Lipinski definition) is 3. The molecule has 0 fully saturated rings. The summed E-state index contributed by atoms with van der Waals surface area (Å²) in [6.07, 6.45) is 3.93. The van der Waals surface area contributed by atoms with Crippen LogP contribution < -0.4 is 10.9 Å². The number of carbonyl (C=O) groups is 1. The molecule has 0 saturated heterocycles. The van der Waals surface area contributed by atoms with Crippen molar-refractivity contribution in [1.82, 2.24) is 14.1 Å². The molecular weight excluding hydrogens is 328 g/mol. The smallest absolute Gasteiger partial charge is 0.257 e. The Balaban J connectivity index is 1.81. The number of nitrogens with zero attached hydrogens (tertiary/aromatic N) is 3. The fourth-order valence-electron chi connectivity index (χ4n) is 2.83. The van der Waals surface area contributed by atoms with Gasteiger partial charge in [-0.2, -0.15) is 0 Å². The summed E-state index contributed by atoms with van der Waals surface area (Å²) in [6, 6.07) is 9.23. The maximum absolute atomic E-state index is 12.5. The Morgan fingerprint density at radius 3 is 2.46 bits per heavy atom. The Morgan fingerprint density at radius 2 is 1.88 bits per heavy atom. The normalized spacial score (nSPS) is 10.8. The second kappa shape index (κ2) is 7.00. The number of amides is 1. The van der Waals surface area contributed by atoms with Gasteiger partial charge >= 0.3 is 0 Å². The number of benzene rings is 1. The lowest BCUT2D eigenvalue weighted by Gasteiger charge is -2.10. The van der Waals surface area contributed by atoms with Gasteiger partial charge in [0.2, 0.25) is 0 Å². The predicted molar refractivity (Wildman–Crippen MR) is 102 cm³/mol. The summed E-state index contributed by atoms with van der Waals surface area (Å²) in [5, 5.41) is 2.88. The van der Waals surface area contributed by atoms with Gasteiger partial charge in [-0.05, 0) is 50.6 Å². The van der Waals surface area contributed by atoms with E-state index < -0.39 is 0 Å². The van der Waals surface area contributed by atoms with Crippen LogP contribution in [0, 0.1) is 13.8 Å². The number of rotatable bonds is 4. The number of nitrogens with one attached hydrogen (secondary N) is 1. The summed E-state index contributed by atoms with van der Waals surface area (Å²) < 4.78 is 3.45. The van der Waals surface area contributed by atoms with Crippen LogP contribution in [0.15, 0.2) is 47.7 Å². The monoisotopic (exact) mass is 350 g/mol. The molecule has 0 saturated carbocycles. The van der Waals surface area contributed by atoms with Crippen LogP contribution in [0.1, 0.15) is 34.2 Å². The molecule has 2 heterocycles. The molecule has 3 rings (SSSR count). The molecule has 0 bridgehead atoms. The maximum atomic E-state index is 12.5. The van der Waals surface area contributed by atoms with Crippen molar-refractivity contribution in [2.75, 3.05) is 5.32 Å². The van der Waals surface area contributed by atoms with Crippen molar-refractivity contribution in [3.63, 3.8) is 0 Å². The molecule has 0 aliphatic rings. The number of aromatic nitrogens is 3. The molecule has 134 valence electrons. The third-order valence-corrected chi connectivity index (χ3v) is 4.56. The van der Waals surface area contributed by atoms with Gasteiger partial charge in [0.15, 0.2) is 0 Å². The highest BCUT2D eigenvalue weighted by atomic mass is 16.2. The molecular formula is C20H22N4O2. The first-order valence-corrected chi connectivity index (χ1v) is 8.52. The van der Waals surface area contributed by atoms with E-state index in [1.54, 1.807) is 25.6 Å². The van der Waals surface area contributed by atoms with E-state index in [1.165, 1.54) is 4.57 Å². The second-order valence-corrected chi connectivity index (χ2v) is 6.31. The minimum Gasteiger partial charge on any atom is -0.322 e. The summed E-state index contributed by atoms with van der Waals surface area (Å²) in [4.78, 5) is 28.8. The molecule has 6 nitrogen and oxygen atoms in total. The van der Waals surface area contributed by atoms with Crippen molar-refractivity contribution in [3.05, 3.63) is 75.7 Å². The first kappa shape index (κ1) is 17.7. The van der Waals surface area contributed by atoms with Crippen LogP contribution in [-0.2, 0) is 13.5 Å². The predicted octanol–water partition coefficient (Wildman–Crippen LogP) is 3.00. The summed E-state index contributed by atoms with van der Waals surface area (Å²) in [6.45, 7) is 5.89. The highest BCUT2D eigenvalue weighted by Crippen LogP contribution is 2.17. The molecule has 1 amide bonds. The van der Waals surface area contributed by atoms with Crippen molar-refractivity contribution in [3.8, 4) is 5.69 Å². The summed E-state index contributed by atoms with van der Waals surface area (Å²) in [5.74, 6) is -0.238. The minimum absolute atomic E-state index is 0.0700. The third kappa shape index (κ3) is 3.31. The van der Waals surface area contributed by atoms with Crippen molar-refractivity contribution < 1.29 is 4.79 Å². The van der Waals surface area contributed by atoms with Gasteiger partial charge in [-0.1, -0.05) is 6.92 Å². The number of pyridine rings is 1. The summed E-state index contributed by atoms with van der Waals surface area (Å²) >= 11 is 0. The fourth-order valence-corrected chi connectivity index (χ4v) is 2.83. The topological polar surface area (TPSA) is 68.9 Å². The molecule has 1 aromatic carbocycles. The first-order valence-electron chi connectivity index (χ1n) is 8.52. The number of anilines is 1. The molecule has 0 aliphatic carbocycles. The Labute approximate surface area is 152 Å². The van der Waals surface area contributed by atoms with Gasteiger partial charge in [-0.15, -0.1) is 0 Å². The molecule has 3 aromatic rings. The van der Waals surface area contributed by atoms with Gasteiger partial charge in [0.1, 0.15) is 0 Å². The van der Waals surface area contributed by atoms with Crippen molar-refractivity contribution in [2.45, 2.75) is 27.2 Å². The molecule has 0 radical (unpaired) electrons. The summed E-state index contributed by atoms with van der Waals surface area (Å²) in [7, 11) is 1.66. The van der Waals surface area contributed by atoms with Crippen molar-refractivity contribution in [1.29, 1.82) is 0 Å². The average molecular weight is 350 g/mol. The first-order chi connectivity index (χ1) is 12.4. The van der Waals surface area contributed by atoms with E-state index in [1.807, 2.05) is 49.6 Å². The molecule has 0 aliphatic heterocycles. The summed E-state index contributed by atoms with van der Waals surface area (Å²) in [5.41, 5.74) is 4.77. The Bertz CT molecular complexity index is 1010. The highest BCUT2D eigenvalue weighted by molar-refractivity contribution is 6.04. The Kier molecular flexibility index (Phi) is 4.75. The second-order valence-electron chi connectivity index (χ2n) is 6.31. The maximum Gasteiger partial charge on any atom is 0.257 e. The van der Waals surface area contributed by atoms with Gasteiger partial charge in [-0.25, -0.2) is 4.98 Å². The van der Waals surface area contributed by atoms with Gasteiger partial charge in [-0.3, -0.25) is 9.59 Å². The molecule has 26 heavy (non-hydrogen) atoms. The third-order valence-electron chi connectivity index (χ3n) is 4.56. The quantitative estimate of drug-likeness (QED) is 0.786. The van der Waals surface area contributed by atoms with Gasteiger partial charge in [0.05, 0.1) is 17.6 Å². The SMILES string of the molecule is CCc1cc(C(=O)Nc2ccc(-n3cnc(C)c3C)cc2)cn(C)c1=O. The van der Waals surface area contributed by atoms with Gasteiger partial charge < -0.3 is 14.5 Å². The lowest BCUT2D eigenvalue weighted by Crippen LogP contribution is -2.23. The van der Waals surface area contributed by atoms with Crippen LogP contribution >= 0.6 is 0 Å². The van der Waals surface area contributed by atoms with Crippen LogP contribution in [0.2, 0.25) is 0 Å². The lowest BCUT2D eigenvalue weighted by atomic mass is 10.1. The van der Waals surface area contributed by atoms with Crippen LogP contribution in [0.4, 0.5) is 5.69 Å². The van der Waals surface area contributed by atoms with Crippen LogP contribution in [0.5, 0.6) is 0 Å². The van der Waals surface area contributed by atoms with Crippen LogP contribution in [0.3, 0.4) is 0 Å². The largest absolute Gasteiger partial charge is 0.322 e. The Hall–Kier alpha value is -3.15. The number of imidazole rings is 1. The van der Waals surface area contributed by atoms with Crippen molar-refractivity contribution >= 4 is 11.6 Å². The van der Waals surface area contributed by atoms with Crippen LogP contribution in [-0.4, -0.2) is 20.0 Å². The van der Waals surface area contributed by atoms with E-state index >= 15 is 0 Å². The van der Waals surface area contributed by atoms with Gasteiger partial charge in [0, 0.05) is 35.9 Å². The van der Waals surface area contributed by atoms with E-state index in [0.717, 1.165) is 17.1 Å². The van der Waals surface area contributed by atoms with E-state index in [-0.39, 0.29) is 11.5 Å². The molecule has 0 atom stereocenters. The average Bonchev–Trinajstić information content (AvgIpc) is 2.97. The molecule has 0 unspecified atom stereocenters. The zero-order valence-corrected chi connectivity index (χ0v) is 15.4. The standard InChI is InChI=1S/C20H22N4O2/c1-5-15-10-16(11-23(4)20(15)26)19(25)22-17-6-8-18(9-7-17)24-12-21-13(2)14(24)3/h6-12H,5H2,1-4H3,(H,22,25). The van der Waals surface area contributed by atoms with Crippen LogP contribution in [0.25, 0.3) is 5.69 Å². The van der Waals surface area contributed by atoms with E-state index in [4.69, 9.17) is 0 Å². The number of aryl methyl sites for hydroxylation is 3. The van der Waals surface area contributed by atoms with E-state index in [0.29, 0.717) is 23.2 Å². The number of carbonyl (C=O) groups excluding carboxylic acids is 1. The molecule has 2 aromatic heterocycles. The number of hydrogen-bond donors (Lipinski definition) is 1. The molecule has 6 heteroatoms. The fraction of sp³-hybridized carbons (Fsp3) is 0.250. The van der Waals surface area contributed by atoms with Crippen molar-refractivity contribution in [2.24, 2.45) is 7.05 Å². The minimum atomic E-state index is -0.238. The highest BCUT2D eigenvalue weighted by Gasteiger charge is 2.11. The lowest BCUT2D eigenvalue weighted by molar-refractivity contribution is 0.102. The molecule has 1 N–H and O–H groups in total. The van der Waals surface area contributed by atoms with E-state index in [9.17, 15) is 9.59 Å².